The summed E-state index contributed by atoms with van der Waals surface area (Å²) in [6, 6.07) is 37.0. The number of aromatic nitrogens is 1. The molecule has 35 heavy (non-hydrogen) atoms. The van der Waals surface area contributed by atoms with Gasteiger partial charge in [0.15, 0.2) is 5.82 Å². The van der Waals surface area contributed by atoms with Gasteiger partial charge in [-0.25, -0.2) is 4.99 Å². The summed E-state index contributed by atoms with van der Waals surface area (Å²) in [5.41, 5.74) is 4.38. The lowest BCUT2D eigenvalue weighted by atomic mass is 9.96. The largest absolute Gasteiger partial charge is 0.474 e. The first-order valence-electron chi connectivity index (χ1n) is 12.3. The summed E-state index contributed by atoms with van der Waals surface area (Å²) in [5, 5.41) is 0. The van der Waals surface area contributed by atoms with Gasteiger partial charge in [-0.1, -0.05) is 104 Å². The molecule has 0 aliphatic carbocycles. The van der Waals surface area contributed by atoms with Crippen LogP contribution in [0.2, 0.25) is 0 Å². The number of rotatable bonds is 7. The van der Waals surface area contributed by atoms with Gasteiger partial charge in [-0.2, -0.15) is 4.98 Å². The second kappa shape index (κ2) is 11.1. The third-order valence-electron chi connectivity index (χ3n) is 6.46. The monoisotopic (exact) mass is 461 g/mol. The minimum Gasteiger partial charge on any atom is -0.474 e. The highest BCUT2D eigenvalue weighted by molar-refractivity contribution is 6.13. The number of nitrogens with zero attached hydrogens (tertiary/aromatic N) is 3. The smallest absolute Gasteiger partial charge is 0.215 e. The third-order valence-corrected chi connectivity index (χ3v) is 6.46. The molecule has 2 heterocycles. The van der Waals surface area contributed by atoms with Crippen LogP contribution in [-0.2, 0) is 6.54 Å². The Morgan fingerprint density at radius 3 is 2.09 bits per heavy atom. The van der Waals surface area contributed by atoms with E-state index in [1.165, 1.54) is 5.56 Å². The molecule has 1 aromatic heterocycles. The van der Waals surface area contributed by atoms with E-state index in [0.717, 1.165) is 42.9 Å². The summed E-state index contributed by atoms with van der Waals surface area (Å²) in [4.78, 5) is 12.2. The first kappa shape index (κ1) is 23.0. The van der Waals surface area contributed by atoms with E-state index in [2.05, 4.69) is 66.4 Å². The maximum Gasteiger partial charge on any atom is 0.215 e. The predicted octanol–water partition coefficient (Wildman–Crippen LogP) is 6.54. The molecule has 0 spiro atoms. The van der Waals surface area contributed by atoms with Crippen LogP contribution >= 0.6 is 0 Å². The van der Waals surface area contributed by atoms with E-state index in [4.69, 9.17) is 14.7 Å². The van der Waals surface area contributed by atoms with Crippen molar-refractivity contribution in [1.82, 2.24) is 9.88 Å². The molecule has 1 aliphatic rings. The van der Waals surface area contributed by atoms with Crippen LogP contribution in [-0.4, -0.2) is 34.8 Å². The Bertz CT molecular complexity index is 1200. The Hall–Kier alpha value is -3.76. The normalized spacial score (nSPS) is 18.1. The molecule has 3 aromatic carbocycles. The van der Waals surface area contributed by atoms with Gasteiger partial charge in [0, 0.05) is 42.7 Å². The molecule has 4 heteroatoms. The number of hydrogen-bond donors (Lipinski definition) is 0. The third kappa shape index (κ3) is 6.03. The second-order valence-electron chi connectivity index (χ2n) is 9.17. The first-order chi connectivity index (χ1) is 17.2. The van der Waals surface area contributed by atoms with Crippen LogP contribution < -0.4 is 4.74 Å². The van der Waals surface area contributed by atoms with E-state index in [1.54, 1.807) is 0 Å². The van der Waals surface area contributed by atoms with E-state index in [0.29, 0.717) is 17.6 Å². The lowest BCUT2D eigenvalue weighted by Gasteiger charge is -2.36. The zero-order valence-electron chi connectivity index (χ0n) is 20.1. The van der Waals surface area contributed by atoms with Gasteiger partial charge < -0.3 is 4.74 Å². The number of aliphatic imine (C=N–C) groups is 1. The molecular formula is C31H31N3O. The quantitative estimate of drug-likeness (QED) is 0.293. The standard InChI is InChI=1S/C31H31N3O/c1-24-22-34(23-25-12-5-2-6-13-25)21-20-28(24)35-30-19-11-18-29(32-30)33-31(26-14-7-3-8-15-26)27-16-9-4-10-17-27/h2-19,24,28H,20-23H2,1H3/t24-,28-/m0/s1. The van der Waals surface area contributed by atoms with Crippen molar-refractivity contribution in [1.29, 1.82) is 0 Å². The Labute approximate surface area is 208 Å². The molecule has 1 aliphatic heterocycles. The van der Waals surface area contributed by atoms with E-state index >= 15 is 0 Å². The molecule has 4 nitrogen and oxygen atoms in total. The summed E-state index contributed by atoms with van der Waals surface area (Å²) in [6.45, 7) is 5.30. The number of ether oxygens (including phenoxy) is 1. The van der Waals surface area contributed by atoms with Crippen LogP contribution in [0.5, 0.6) is 5.88 Å². The topological polar surface area (TPSA) is 37.7 Å². The van der Waals surface area contributed by atoms with Crippen molar-refractivity contribution in [3.8, 4) is 5.88 Å². The lowest BCUT2D eigenvalue weighted by molar-refractivity contribution is 0.0461. The Morgan fingerprint density at radius 2 is 1.46 bits per heavy atom. The van der Waals surface area contributed by atoms with Gasteiger partial charge in [-0.15, -0.1) is 0 Å². The molecule has 0 unspecified atom stereocenters. The Balaban J connectivity index is 1.30. The zero-order valence-corrected chi connectivity index (χ0v) is 20.1. The van der Waals surface area contributed by atoms with Crippen molar-refractivity contribution in [2.24, 2.45) is 10.9 Å². The van der Waals surface area contributed by atoms with Gasteiger partial charge in [-0.05, 0) is 18.1 Å². The number of pyridine rings is 1. The van der Waals surface area contributed by atoms with Gasteiger partial charge in [0.1, 0.15) is 6.10 Å². The molecule has 0 N–H and O–H groups in total. The first-order valence-corrected chi connectivity index (χ1v) is 12.3. The summed E-state index contributed by atoms with van der Waals surface area (Å²) in [5.74, 6) is 1.71. The molecule has 5 rings (SSSR count). The average Bonchev–Trinajstić information content (AvgIpc) is 2.91. The highest BCUT2D eigenvalue weighted by atomic mass is 16.5. The minimum absolute atomic E-state index is 0.150. The predicted molar refractivity (Wildman–Crippen MR) is 142 cm³/mol. The highest BCUT2D eigenvalue weighted by Gasteiger charge is 2.28. The van der Waals surface area contributed by atoms with Crippen molar-refractivity contribution >= 4 is 11.5 Å². The van der Waals surface area contributed by atoms with Crippen molar-refractivity contribution < 1.29 is 4.74 Å². The molecule has 1 saturated heterocycles. The van der Waals surface area contributed by atoms with E-state index in [1.807, 2.05) is 54.6 Å². The molecule has 0 saturated carbocycles. The fourth-order valence-electron chi connectivity index (χ4n) is 4.66. The van der Waals surface area contributed by atoms with E-state index < -0.39 is 0 Å². The van der Waals surface area contributed by atoms with Gasteiger partial charge in [0.25, 0.3) is 0 Å². The van der Waals surface area contributed by atoms with Crippen LogP contribution in [0.4, 0.5) is 5.82 Å². The number of likely N-dealkylation sites (tertiary alicyclic amines) is 1. The van der Waals surface area contributed by atoms with Crippen molar-refractivity contribution in [3.05, 3.63) is 126 Å². The number of piperidine rings is 1. The van der Waals surface area contributed by atoms with Crippen LogP contribution in [0.15, 0.2) is 114 Å². The molecule has 0 amide bonds. The minimum atomic E-state index is 0.150. The Kier molecular flexibility index (Phi) is 7.30. The SMILES string of the molecule is C[C@H]1CN(Cc2ccccc2)CC[C@@H]1Oc1cccc(N=C(c2ccccc2)c2ccccc2)n1. The number of hydrogen-bond acceptors (Lipinski definition) is 4. The van der Waals surface area contributed by atoms with Crippen molar-refractivity contribution in [3.63, 3.8) is 0 Å². The average molecular weight is 462 g/mol. The summed E-state index contributed by atoms with van der Waals surface area (Å²) in [6.07, 6.45) is 1.14. The van der Waals surface area contributed by atoms with Crippen LogP contribution in [0.3, 0.4) is 0 Å². The zero-order chi connectivity index (χ0) is 23.9. The molecule has 0 bridgehead atoms. The number of benzene rings is 3. The fourth-order valence-corrected chi connectivity index (χ4v) is 4.66. The lowest BCUT2D eigenvalue weighted by Crippen LogP contribution is -2.44. The summed E-state index contributed by atoms with van der Waals surface area (Å²) in [7, 11) is 0. The summed E-state index contributed by atoms with van der Waals surface area (Å²) >= 11 is 0. The molecule has 4 aromatic rings. The molecule has 176 valence electrons. The van der Waals surface area contributed by atoms with Gasteiger partial charge >= 0.3 is 0 Å². The van der Waals surface area contributed by atoms with E-state index in [9.17, 15) is 0 Å². The Morgan fingerprint density at radius 1 is 0.829 bits per heavy atom. The van der Waals surface area contributed by atoms with Crippen LogP contribution in [0, 0.1) is 5.92 Å². The van der Waals surface area contributed by atoms with Gasteiger partial charge in [0.05, 0.1) is 5.71 Å². The molecule has 1 fully saturated rings. The highest BCUT2D eigenvalue weighted by Crippen LogP contribution is 2.25. The van der Waals surface area contributed by atoms with Gasteiger partial charge in [-0.3, -0.25) is 4.90 Å². The fraction of sp³-hybridized carbons (Fsp3) is 0.226. The maximum atomic E-state index is 6.39. The maximum absolute atomic E-state index is 6.39. The molecule has 0 radical (unpaired) electrons. The molecular weight excluding hydrogens is 430 g/mol. The van der Waals surface area contributed by atoms with Crippen LogP contribution in [0.1, 0.15) is 30.0 Å². The van der Waals surface area contributed by atoms with Crippen LogP contribution in [0.25, 0.3) is 0 Å². The van der Waals surface area contributed by atoms with E-state index in [-0.39, 0.29) is 6.10 Å². The van der Waals surface area contributed by atoms with Crippen molar-refractivity contribution in [2.45, 2.75) is 26.0 Å². The summed E-state index contributed by atoms with van der Waals surface area (Å²) < 4.78 is 6.39. The van der Waals surface area contributed by atoms with Gasteiger partial charge in [0.2, 0.25) is 5.88 Å². The second-order valence-corrected chi connectivity index (χ2v) is 9.17. The molecule has 2 atom stereocenters. The van der Waals surface area contributed by atoms with Crippen molar-refractivity contribution in [2.75, 3.05) is 13.1 Å².